The molecule has 2 amide bonds. The molecule has 0 spiro atoms. The maximum atomic E-state index is 12.6. The van der Waals surface area contributed by atoms with E-state index in [0.717, 1.165) is 27.1 Å². The van der Waals surface area contributed by atoms with Crippen molar-refractivity contribution in [1.82, 2.24) is 10.6 Å². The smallest absolute Gasteiger partial charge is 0.407 e. The zero-order valence-electron chi connectivity index (χ0n) is 18.0. The molecule has 1 heterocycles. The van der Waals surface area contributed by atoms with Crippen LogP contribution in [-0.4, -0.2) is 35.7 Å². The van der Waals surface area contributed by atoms with Gasteiger partial charge in [-0.2, -0.15) is 0 Å². The van der Waals surface area contributed by atoms with Gasteiger partial charge in [0.2, 0.25) is 5.91 Å². The van der Waals surface area contributed by atoms with Crippen molar-refractivity contribution in [2.24, 2.45) is 0 Å². The number of hydrogen-bond donors (Lipinski definition) is 3. The topological polar surface area (TPSA) is 105 Å². The molecule has 0 aliphatic heterocycles. The molecular weight excluding hydrogens is 440 g/mol. The summed E-state index contributed by atoms with van der Waals surface area (Å²) < 4.78 is 5.48. The zero-order valence-corrected chi connectivity index (χ0v) is 18.8. The third kappa shape index (κ3) is 5.06. The van der Waals surface area contributed by atoms with Crippen molar-refractivity contribution < 1.29 is 24.2 Å². The first kappa shape index (κ1) is 22.5. The molecule has 7 nitrogen and oxygen atoms in total. The van der Waals surface area contributed by atoms with Crippen LogP contribution >= 0.6 is 11.3 Å². The molecule has 2 atom stereocenters. The highest BCUT2D eigenvalue weighted by Crippen LogP contribution is 2.44. The van der Waals surface area contributed by atoms with Crippen molar-refractivity contribution in [3.05, 3.63) is 82.0 Å². The molecular formula is C25H24N2O5S. The highest BCUT2D eigenvalue weighted by molar-refractivity contribution is 7.10. The molecule has 0 radical (unpaired) electrons. The van der Waals surface area contributed by atoms with Crippen LogP contribution in [0.2, 0.25) is 0 Å². The lowest BCUT2D eigenvalue weighted by atomic mass is 9.98. The maximum Gasteiger partial charge on any atom is 0.407 e. The van der Waals surface area contributed by atoms with Gasteiger partial charge in [0.05, 0.1) is 12.5 Å². The number of benzene rings is 2. The van der Waals surface area contributed by atoms with Gasteiger partial charge in [0, 0.05) is 10.8 Å². The van der Waals surface area contributed by atoms with Crippen LogP contribution in [0.4, 0.5) is 4.79 Å². The van der Waals surface area contributed by atoms with E-state index < -0.39 is 30.1 Å². The lowest BCUT2D eigenvalue weighted by Crippen LogP contribution is -2.46. The van der Waals surface area contributed by atoms with E-state index in [1.54, 1.807) is 12.1 Å². The fourth-order valence-electron chi connectivity index (χ4n) is 4.07. The fraction of sp³-hybridized carbons (Fsp3) is 0.240. The number of thiophene rings is 1. The molecule has 3 aromatic rings. The normalized spacial score (nSPS) is 14.0. The minimum Gasteiger partial charge on any atom is -0.481 e. The third-order valence-corrected chi connectivity index (χ3v) is 6.64. The van der Waals surface area contributed by atoms with Gasteiger partial charge in [-0.3, -0.25) is 9.59 Å². The Hall–Kier alpha value is -3.65. The summed E-state index contributed by atoms with van der Waals surface area (Å²) in [5, 5.41) is 16.2. The van der Waals surface area contributed by atoms with Crippen LogP contribution in [0.3, 0.4) is 0 Å². The minimum atomic E-state index is -1.02. The summed E-state index contributed by atoms with van der Waals surface area (Å²) in [6.45, 7) is 1.67. The number of carboxylic acid groups (broad SMARTS) is 1. The standard InChI is InChI=1S/C25H24N2O5S/c1-15(24(30)27-21(13-23(28)29)22-11-6-12-33-22)26-25(31)32-14-20-18-9-4-2-7-16(18)17-8-3-5-10-19(17)20/h2-12,15,20-21H,13-14H2,1H3,(H,26,31)(H,27,30)(H,28,29)/t15-,21?/m0/s1. The Balaban J connectivity index is 1.35. The van der Waals surface area contributed by atoms with E-state index in [0.29, 0.717) is 0 Å². The van der Waals surface area contributed by atoms with Crippen LogP contribution in [0.1, 0.15) is 41.3 Å². The molecule has 0 saturated carbocycles. The van der Waals surface area contributed by atoms with Crippen molar-refractivity contribution in [3.63, 3.8) is 0 Å². The number of aliphatic carboxylic acids is 1. The predicted molar refractivity (Wildman–Crippen MR) is 125 cm³/mol. The number of carbonyl (C=O) groups is 3. The van der Waals surface area contributed by atoms with Gasteiger partial charge in [-0.05, 0) is 40.6 Å². The van der Waals surface area contributed by atoms with Gasteiger partial charge in [-0.1, -0.05) is 54.6 Å². The van der Waals surface area contributed by atoms with E-state index >= 15 is 0 Å². The van der Waals surface area contributed by atoms with E-state index in [-0.39, 0.29) is 18.9 Å². The molecule has 4 rings (SSSR count). The molecule has 170 valence electrons. The first-order valence-electron chi connectivity index (χ1n) is 10.6. The third-order valence-electron chi connectivity index (χ3n) is 5.65. The average molecular weight is 465 g/mol. The van der Waals surface area contributed by atoms with Gasteiger partial charge >= 0.3 is 12.1 Å². The van der Waals surface area contributed by atoms with Crippen molar-refractivity contribution in [2.45, 2.75) is 31.3 Å². The Morgan fingerprint density at radius 1 is 0.970 bits per heavy atom. The molecule has 1 aromatic heterocycles. The number of carbonyl (C=O) groups excluding carboxylic acids is 2. The molecule has 0 fully saturated rings. The summed E-state index contributed by atoms with van der Waals surface area (Å²) in [7, 11) is 0. The Kier molecular flexibility index (Phi) is 6.74. The van der Waals surface area contributed by atoms with E-state index in [1.807, 2.05) is 41.8 Å². The quantitative estimate of drug-likeness (QED) is 0.461. The summed E-state index contributed by atoms with van der Waals surface area (Å²) in [5.74, 6) is -1.58. The van der Waals surface area contributed by atoms with Crippen LogP contribution < -0.4 is 10.6 Å². The van der Waals surface area contributed by atoms with Gasteiger partial charge in [-0.15, -0.1) is 11.3 Å². The Bertz CT molecular complexity index is 1120. The number of hydrogen-bond acceptors (Lipinski definition) is 5. The number of ether oxygens (including phenoxy) is 1. The second-order valence-electron chi connectivity index (χ2n) is 7.87. The lowest BCUT2D eigenvalue weighted by Gasteiger charge is -2.20. The second kappa shape index (κ2) is 9.87. The monoisotopic (exact) mass is 464 g/mol. The molecule has 1 unspecified atom stereocenters. The van der Waals surface area contributed by atoms with Crippen LogP contribution in [0.5, 0.6) is 0 Å². The molecule has 2 aromatic carbocycles. The van der Waals surface area contributed by atoms with E-state index in [2.05, 4.69) is 22.8 Å². The van der Waals surface area contributed by atoms with Crippen molar-refractivity contribution in [1.29, 1.82) is 0 Å². The van der Waals surface area contributed by atoms with Crippen LogP contribution in [-0.2, 0) is 14.3 Å². The fourth-order valence-corrected chi connectivity index (χ4v) is 4.84. The predicted octanol–water partition coefficient (Wildman–Crippen LogP) is 4.31. The average Bonchev–Trinajstić information content (AvgIpc) is 3.44. The summed E-state index contributed by atoms with van der Waals surface area (Å²) in [6, 6.07) is 18.1. The van der Waals surface area contributed by atoms with E-state index in [4.69, 9.17) is 9.84 Å². The summed E-state index contributed by atoms with van der Waals surface area (Å²) in [6.07, 6.45) is -0.949. The summed E-state index contributed by atoms with van der Waals surface area (Å²) in [4.78, 5) is 36.9. The van der Waals surface area contributed by atoms with Gasteiger partial charge in [-0.25, -0.2) is 4.79 Å². The Morgan fingerprint density at radius 2 is 1.61 bits per heavy atom. The molecule has 1 aliphatic rings. The van der Waals surface area contributed by atoms with E-state index in [1.165, 1.54) is 18.3 Å². The zero-order chi connectivity index (χ0) is 23.4. The van der Waals surface area contributed by atoms with Crippen LogP contribution in [0.15, 0.2) is 66.0 Å². The number of amides is 2. The highest BCUT2D eigenvalue weighted by Gasteiger charge is 2.29. The number of nitrogens with one attached hydrogen (secondary N) is 2. The van der Waals surface area contributed by atoms with Gasteiger partial charge in [0.25, 0.3) is 0 Å². The second-order valence-corrected chi connectivity index (χ2v) is 8.85. The molecule has 1 aliphatic carbocycles. The number of fused-ring (bicyclic) bond motifs is 3. The number of rotatable bonds is 8. The maximum absolute atomic E-state index is 12.6. The summed E-state index contributed by atoms with van der Waals surface area (Å²) in [5.41, 5.74) is 4.47. The number of alkyl carbamates (subject to hydrolysis) is 1. The van der Waals surface area contributed by atoms with Gasteiger partial charge < -0.3 is 20.5 Å². The van der Waals surface area contributed by atoms with Crippen molar-refractivity contribution in [2.75, 3.05) is 6.61 Å². The van der Waals surface area contributed by atoms with Crippen LogP contribution in [0.25, 0.3) is 11.1 Å². The molecule has 0 saturated heterocycles. The SMILES string of the molecule is C[C@H](NC(=O)OCC1c2ccccc2-c2ccccc21)C(=O)NC(CC(=O)O)c1cccs1. The van der Waals surface area contributed by atoms with Gasteiger partial charge in [0.1, 0.15) is 12.6 Å². The van der Waals surface area contributed by atoms with Crippen molar-refractivity contribution in [3.8, 4) is 11.1 Å². The molecule has 3 N–H and O–H groups in total. The molecule has 0 bridgehead atoms. The van der Waals surface area contributed by atoms with Crippen molar-refractivity contribution >= 4 is 29.3 Å². The first-order chi connectivity index (χ1) is 15.9. The minimum absolute atomic E-state index is 0.0777. The van der Waals surface area contributed by atoms with Gasteiger partial charge in [0.15, 0.2) is 0 Å². The Morgan fingerprint density at radius 3 is 2.18 bits per heavy atom. The largest absolute Gasteiger partial charge is 0.481 e. The van der Waals surface area contributed by atoms with E-state index in [9.17, 15) is 14.4 Å². The van der Waals surface area contributed by atoms with Crippen LogP contribution in [0, 0.1) is 0 Å². The number of carboxylic acids is 1. The molecule has 33 heavy (non-hydrogen) atoms. The highest BCUT2D eigenvalue weighted by atomic mass is 32.1. The first-order valence-corrected chi connectivity index (χ1v) is 11.5. The lowest BCUT2D eigenvalue weighted by molar-refractivity contribution is -0.137. The Labute approximate surface area is 195 Å². The summed E-state index contributed by atoms with van der Waals surface area (Å²) >= 11 is 1.36. The molecule has 8 heteroatoms.